The van der Waals surface area contributed by atoms with E-state index in [-0.39, 0.29) is 0 Å². The Morgan fingerprint density at radius 3 is 2.75 bits per heavy atom. The Balaban J connectivity index is 1.38. The van der Waals surface area contributed by atoms with Crippen LogP contribution in [0.25, 0.3) is 10.6 Å². The van der Waals surface area contributed by atoms with Crippen LogP contribution in [0, 0.1) is 0 Å². The topological polar surface area (TPSA) is 67.8 Å². The molecule has 144 valence electrons. The maximum Gasteiger partial charge on any atom is 0.195 e. The Hall–Kier alpha value is -3.06. The van der Waals surface area contributed by atoms with Crippen LogP contribution in [0.3, 0.4) is 0 Å². The number of thiazole rings is 1. The molecular formula is C21H22N4O2S. The second-order valence-corrected chi connectivity index (χ2v) is 7.13. The molecule has 0 saturated carbocycles. The number of guanidine groups is 1. The van der Waals surface area contributed by atoms with Gasteiger partial charge in [0.2, 0.25) is 0 Å². The number of nitrogens with zero attached hydrogens (tertiary/aromatic N) is 2. The van der Waals surface area contributed by atoms with Gasteiger partial charge in [0, 0.05) is 36.2 Å². The van der Waals surface area contributed by atoms with Crippen molar-refractivity contribution in [1.29, 1.82) is 0 Å². The minimum atomic E-state index is 0.591. The van der Waals surface area contributed by atoms with E-state index < -0.39 is 0 Å². The van der Waals surface area contributed by atoms with Gasteiger partial charge in [-0.3, -0.25) is 4.99 Å². The molecule has 7 heteroatoms. The summed E-state index contributed by atoms with van der Waals surface area (Å²) in [6.45, 7) is 1.94. The molecule has 0 bridgehead atoms. The quantitative estimate of drug-likeness (QED) is 0.514. The van der Waals surface area contributed by atoms with Crippen LogP contribution in [0.1, 0.15) is 12.1 Å². The predicted molar refractivity (Wildman–Crippen MR) is 113 cm³/mol. The van der Waals surface area contributed by atoms with Gasteiger partial charge in [0.05, 0.1) is 25.5 Å². The molecule has 0 aliphatic carbocycles. The van der Waals surface area contributed by atoms with Gasteiger partial charge in [0.1, 0.15) is 5.01 Å². The fourth-order valence-corrected chi connectivity index (χ4v) is 3.66. The minimum absolute atomic E-state index is 0.591. The van der Waals surface area contributed by atoms with Crippen molar-refractivity contribution in [2.45, 2.75) is 13.0 Å². The van der Waals surface area contributed by atoms with Crippen LogP contribution in [-0.2, 0) is 6.54 Å². The third kappa shape index (κ3) is 4.43. The lowest BCUT2D eigenvalue weighted by Gasteiger charge is -2.13. The fourth-order valence-electron chi connectivity index (χ4n) is 2.83. The predicted octanol–water partition coefficient (Wildman–Crippen LogP) is 4.16. The van der Waals surface area contributed by atoms with E-state index >= 15 is 0 Å². The Labute approximate surface area is 168 Å². The molecule has 0 spiro atoms. The van der Waals surface area contributed by atoms with Crippen molar-refractivity contribution < 1.29 is 9.47 Å². The number of rotatable bonds is 4. The summed E-state index contributed by atoms with van der Waals surface area (Å²) in [7, 11) is 1.74. The van der Waals surface area contributed by atoms with Crippen LogP contribution < -0.4 is 20.1 Å². The van der Waals surface area contributed by atoms with E-state index in [1.807, 2.05) is 36.4 Å². The summed E-state index contributed by atoms with van der Waals surface area (Å²) < 4.78 is 11.4. The minimum Gasteiger partial charge on any atom is -0.490 e. The van der Waals surface area contributed by atoms with Gasteiger partial charge >= 0.3 is 0 Å². The Morgan fingerprint density at radius 2 is 1.93 bits per heavy atom. The summed E-state index contributed by atoms with van der Waals surface area (Å²) in [5, 5.41) is 9.67. The van der Waals surface area contributed by atoms with Crippen LogP contribution in [0.15, 0.2) is 58.9 Å². The van der Waals surface area contributed by atoms with Crippen molar-refractivity contribution in [2.24, 2.45) is 4.99 Å². The average Bonchev–Trinajstić information content (AvgIpc) is 3.09. The monoisotopic (exact) mass is 394 g/mol. The summed E-state index contributed by atoms with van der Waals surface area (Å²) in [5.74, 6) is 2.20. The number of aliphatic imine (C=N–C) groups is 1. The molecule has 0 radical (unpaired) electrons. The molecule has 4 rings (SSSR count). The van der Waals surface area contributed by atoms with E-state index in [2.05, 4.69) is 33.1 Å². The Kier molecular flexibility index (Phi) is 5.72. The number of benzene rings is 2. The van der Waals surface area contributed by atoms with E-state index in [0.29, 0.717) is 25.7 Å². The van der Waals surface area contributed by atoms with E-state index in [4.69, 9.17) is 14.5 Å². The van der Waals surface area contributed by atoms with Gasteiger partial charge in [0.25, 0.3) is 0 Å². The zero-order valence-electron chi connectivity index (χ0n) is 15.6. The van der Waals surface area contributed by atoms with Gasteiger partial charge in [-0.15, -0.1) is 11.3 Å². The molecule has 2 aromatic carbocycles. The molecule has 1 aromatic heterocycles. The first-order chi connectivity index (χ1) is 13.8. The van der Waals surface area contributed by atoms with E-state index in [9.17, 15) is 0 Å². The normalized spacial score (nSPS) is 13.7. The molecular weight excluding hydrogens is 372 g/mol. The summed E-state index contributed by atoms with van der Waals surface area (Å²) in [6, 6.07) is 16.0. The molecule has 1 aliphatic heterocycles. The van der Waals surface area contributed by atoms with Crippen molar-refractivity contribution in [1.82, 2.24) is 10.3 Å². The van der Waals surface area contributed by atoms with Gasteiger partial charge in [-0.2, -0.15) is 0 Å². The number of fused-ring (bicyclic) bond motifs is 1. The lowest BCUT2D eigenvalue weighted by molar-refractivity contribution is 0.297. The second-order valence-electron chi connectivity index (χ2n) is 6.27. The second kappa shape index (κ2) is 8.75. The standard InChI is InChI=1S/C21H22N4O2S/c1-22-21(25-16-8-9-18-19(12-16)27-11-5-10-26-18)23-13-17-14-28-20(24-17)15-6-3-2-4-7-15/h2-4,6-9,12,14H,5,10-11,13H2,1H3,(H2,22,23,25). The number of anilines is 1. The van der Waals surface area contributed by atoms with Crippen LogP contribution in [0.4, 0.5) is 5.69 Å². The maximum atomic E-state index is 5.74. The smallest absolute Gasteiger partial charge is 0.195 e. The molecule has 6 nitrogen and oxygen atoms in total. The van der Waals surface area contributed by atoms with Crippen molar-refractivity contribution in [2.75, 3.05) is 25.6 Å². The fraction of sp³-hybridized carbons (Fsp3) is 0.238. The molecule has 0 fully saturated rings. The number of hydrogen-bond acceptors (Lipinski definition) is 5. The van der Waals surface area contributed by atoms with E-state index in [1.165, 1.54) is 0 Å². The van der Waals surface area contributed by atoms with Crippen LogP contribution in [0.5, 0.6) is 11.5 Å². The highest BCUT2D eigenvalue weighted by Crippen LogP contribution is 2.32. The largest absolute Gasteiger partial charge is 0.490 e. The number of ether oxygens (including phenoxy) is 2. The van der Waals surface area contributed by atoms with Gasteiger partial charge in [-0.05, 0) is 12.1 Å². The highest BCUT2D eigenvalue weighted by Gasteiger charge is 2.11. The molecule has 1 aliphatic rings. The first kappa shape index (κ1) is 18.3. The molecule has 0 saturated heterocycles. The van der Waals surface area contributed by atoms with Gasteiger partial charge in [-0.1, -0.05) is 30.3 Å². The molecule has 0 unspecified atom stereocenters. The molecule has 3 aromatic rings. The average molecular weight is 395 g/mol. The number of aromatic nitrogens is 1. The first-order valence-electron chi connectivity index (χ1n) is 9.19. The number of nitrogens with one attached hydrogen (secondary N) is 2. The molecule has 2 heterocycles. The summed E-state index contributed by atoms with van der Waals surface area (Å²) in [4.78, 5) is 8.99. The van der Waals surface area contributed by atoms with Crippen molar-refractivity contribution in [3.63, 3.8) is 0 Å². The first-order valence-corrected chi connectivity index (χ1v) is 10.1. The van der Waals surface area contributed by atoms with Gasteiger partial charge < -0.3 is 20.1 Å². The van der Waals surface area contributed by atoms with Crippen LogP contribution >= 0.6 is 11.3 Å². The van der Waals surface area contributed by atoms with Crippen molar-refractivity contribution in [3.05, 3.63) is 59.6 Å². The summed E-state index contributed by atoms with van der Waals surface area (Å²) in [5.41, 5.74) is 3.00. The van der Waals surface area contributed by atoms with Crippen molar-refractivity contribution in [3.8, 4) is 22.1 Å². The Morgan fingerprint density at radius 1 is 1.11 bits per heavy atom. The SMILES string of the molecule is CN=C(NCc1csc(-c2ccccc2)n1)Nc1ccc2c(c1)OCCCO2. The van der Waals surface area contributed by atoms with E-state index in [0.717, 1.165) is 39.9 Å². The molecule has 2 N–H and O–H groups in total. The lowest BCUT2D eigenvalue weighted by atomic mass is 10.2. The summed E-state index contributed by atoms with van der Waals surface area (Å²) in [6.07, 6.45) is 0.888. The Bertz CT molecular complexity index is 956. The number of hydrogen-bond donors (Lipinski definition) is 2. The molecule has 0 amide bonds. The van der Waals surface area contributed by atoms with Gasteiger partial charge in [0.15, 0.2) is 17.5 Å². The van der Waals surface area contributed by atoms with Gasteiger partial charge in [-0.25, -0.2) is 4.98 Å². The van der Waals surface area contributed by atoms with Crippen LogP contribution in [0.2, 0.25) is 0 Å². The van der Waals surface area contributed by atoms with Crippen LogP contribution in [-0.4, -0.2) is 31.2 Å². The highest BCUT2D eigenvalue weighted by molar-refractivity contribution is 7.13. The highest BCUT2D eigenvalue weighted by atomic mass is 32.1. The van der Waals surface area contributed by atoms with Crippen molar-refractivity contribution >= 4 is 23.0 Å². The third-order valence-corrected chi connectivity index (χ3v) is 5.18. The molecule has 28 heavy (non-hydrogen) atoms. The zero-order valence-corrected chi connectivity index (χ0v) is 16.5. The summed E-state index contributed by atoms with van der Waals surface area (Å²) >= 11 is 1.64. The zero-order chi connectivity index (χ0) is 19.2. The lowest BCUT2D eigenvalue weighted by Crippen LogP contribution is -2.30. The van der Waals surface area contributed by atoms with E-state index in [1.54, 1.807) is 18.4 Å². The maximum absolute atomic E-state index is 5.74. The molecule has 0 atom stereocenters. The third-order valence-electron chi connectivity index (χ3n) is 4.24.